The van der Waals surface area contributed by atoms with E-state index >= 15 is 0 Å². The van der Waals surface area contributed by atoms with E-state index in [4.69, 9.17) is 11.6 Å². The van der Waals surface area contributed by atoms with Gasteiger partial charge in [0.15, 0.2) is 0 Å². The lowest BCUT2D eigenvalue weighted by atomic mass is 9.85. The van der Waals surface area contributed by atoms with Gasteiger partial charge in [0.25, 0.3) is 11.8 Å². The van der Waals surface area contributed by atoms with Crippen LogP contribution in [-0.4, -0.2) is 65.4 Å². The Morgan fingerprint density at radius 1 is 0.944 bits per heavy atom. The van der Waals surface area contributed by atoms with E-state index < -0.39 is 5.54 Å². The Kier molecular flexibility index (Phi) is 7.19. The Morgan fingerprint density at radius 2 is 1.61 bits per heavy atom. The minimum absolute atomic E-state index is 0.0243. The van der Waals surface area contributed by atoms with Crippen molar-refractivity contribution in [1.82, 2.24) is 15.1 Å². The maximum Gasteiger partial charge on any atom is 0.253 e. The van der Waals surface area contributed by atoms with Crippen molar-refractivity contribution in [2.24, 2.45) is 0 Å². The zero-order valence-electron chi connectivity index (χ0n) is 20.5. The molecule has 2 heterocycles. The molecule has 2 aromatic rings. The molecule has 0 unspecified atom stereocenters. The Bertz CT molecular complexity index is 1090. The number of amides is 3. The molecule has 0 bridgehead atoms. The molecule has 2 aliphatic heterocycles. The van der Waals surface area contributed by atoms with Gasteiger partial charge < -0.3 is 20.0 Å². The average Bonchev–Trinajstić information content (AvgIpc) is 3.16. The Labute approximate surface area is 217 Å². The van der Waals surface area contributed by atoms with Crippen LogP contribution in [0.5, 0.6) is 0 Å². The molecule has 8 heteroatoms. The number of hydrogen-bond acceptors (Lipinski definition) is 4. The standard InChI is InChI=1S/C28H33ClN4O3/c29-22-13-11-21(12-14-22)26(35)31-17-15-28(16-18-31)27(36)32(20-33(28)24-9-5-2-6-10-24)19-25(34)30-23-7-3-1-4-8-23/h2,5-6,9-14,23H,1,3-4,7-8,15-20H2,(H,30,34). The van der Waals surface area contributed by atoms with E-state index in [-0.39, 0.29) is 30.3 Å². The van der Waals surface area contributed by atoms with Crippen LogP contribution in [0.1, 0.15) is 55.3 Å². The number of piperidine rings is 1. The minimum Gasteiger partial charge on any atom is -0.352 e. The van der Waals surface area contributed by atoms with Crippen molar-refractivity contribution >= 4 is 35.0 Å². The number of para-hydroxylation sites is 1. The molecule has 2 saturated heterocycles. The number of halogens is 1. The summed E-state index contributed by atoms with van der Waals surface area (Å²) >= 11 is 5.98. The molecular weight excluding hydrogens is 476 g/mol. The van der Waals surface area contributed by atoms with Crippen molar-refractivity contribution in [1.29, 1.82) is 0 Å². The minimum atomic E-state index is -0.761. The van der Waals surface area contributed by atoms with Gasteiger partial charge in [0, 0.05) is 35.4 Å². The quantitative estimate of drug-likeness (QED) is 0.660. The molecule has 1 aliphatic carbocycles. The number of anilines is 1. The SMILES string of the molecule is O=C(CN1CN(c2ccccc2)C2(CCN(C(=O)c3ccc(Cl)cc3)CC2)C1=O)NC1CCCCC1. The first kappa shape index (κ1) is 24.6. The fourth-order valence-corrected chi connectivity index (χ4v) is 6.00. The second-order valence-corrected chi connectivity index (χ2v) is 10.6. The third kappa shape index (κ3) is 4.94. The summed E-state index contributed by atoms with van der Waals surface area (Å²) in [4.78, 5) is 45.4. The lowest BCUT2D eigenvalue weighted by Crippen LogP contribution is -2.57. The average molecular weight is 509 g/mol. The summed E-state index contributed by atoms with van der Waals surface area (Å²) in [6, 6.07) is 17.0. The van der Waals surface area contributed by atoms with E-state index in [2.05, 4.69) is 10.2 Å². The second kappa shape index (κ2) is 10.5. The van der Waals surface area contributed by atoms with Gasteiger partial charge in [-0.1, -0.05) is 49.1 Å². The molecule has 0 radical (unpaired) electrons. The summed E-state index contributed by atoms with van der Waals surface area (Å²) in [5.74, 6) is -0.165. The van der Waals surface area contributed by atoms with E-state index in [0.717, 1.165) is 31.4 Å². The molecule has 1 saturated carbocycles. The number of nitrogens with zero attached hydrogens (tertiary/aromatic N) is 3. The van der Waals surface area contributed by atoms with Crippen LogP contribution in [0, 0.1) is 0 Å². The summed E-state index contributed by atoms with van der Waals surface area (Å²) in [5, 5.41) is 3.73. The molecule has 3 fully saturated rings. The molecule has 5 rings (SSSR count). The van der Waals surface area contributed by atoms with Crippen LogP contribution in [0.25, 0.3) is 0 Å². The summed E-state index contributed by atoms with van der Waals surface area (Å²) in [6.45, 7) is 1.37. The van der Waals surface area contributed by atoms with Crippen LogP contribution in [0.3, 0.4) is 0 Å². The molecular formula is C28H33ClN4O3. The van der Waals surface area contributed by atoms with Gasteiger partial charge >= 0.3 is 0 Å². The van der Waals surface area contributed by atoms with Crippen molar-refractivity contribution in [2.45, 2.75) is 56.5 Å². The van der Waals surface area contributed by atoms with Crippen molar-refractivity contribution < 1.29 is 14.4 Å². The first-order chi connectivity index (χ1) is 17.5. The number of rotatable bonds is 5. The van der Waals surface area contributed by atoms with E-state index in [1.165, 1.54) is 6.42 Å². The number of carbonyl (C=O) groups is 3. The van der Waals surface area contributed by atoms with Gasteiger partial charge in [-0.25, -0.2) is 0 Å². The zero-order valence-corrected chi connectivity index (χ0v) is 21.3. The third-order valence-corrected chi connectivity index (χ3v) is 8.11. The van der Waals surface area contributed by atoms with Crippen molar-refractivity contribution in [3.05, 3.63) is 65.2 Å². The second-order valence-electron chi connectivity index (χ2n) is 10.1. The number of likely N-dealkylation sites (tertiary alicyclic amines) is 1. The number of hydrogen-bond donors (Lipinski definition) is 1. The molecule has 7 nitrogen and oxygen atoms in total. The topological polar surface area (TPSA) is 73.0 Å². The van der Waals surface area contributed by atoms with Crippen LogP contribution in [0.2, 0.25) is 5.02 Å². The Hall–Kier alpha value is -3.06. The fraction of sp³-hybridized carbons (Fsp3) is 0.464. The van der Waals surface area contributed by atoms with E-state index in [9.17, 15) is 14.4 Å². The van der Waals surface area contributed by atoms with Crippen LogP contribution >= 0.6 is 11.6 Å². The van der Waals surface area contributed by atoms with Gasteiger partial charge in [-0.2, -0.15) is 0 Å². The van der Waals surface area contributed by atoms with Gasteiger partial charge in [-0.05, 0) is 62.1 Å². The van der Waals surface area contributed by atoms with Crippen LogP contribution in [0.15, 0.2) is 54.6 Å². The van der Waals surface area contributed by atoms with Crippen molar-refractivity contribution in [3.63, 3.8) is 0 Å². The van der Waals surface area contributed by atoms with Gasteiger partial charge in [0.05, 0.1) is 6.67 Å². The molecule has 0 atom stereocenters. The maximum absolute atomic E-state index is 13.9. The zero-order chi connectivity index (χ0) is 25.1. The summed E-state index contributed by atoms with van der Waals surface area (Å²) in [7, 11) is 0. The molecule has 36 heavy (non-hydrogen) atoms. The number of nitrogens with one attached hydrogen (secondary N) is 1. The monoisotopic (exact) mass is 508 g/mol. The van der Waals surface area contributed by atoms with Gasteiger partial charge in [-0.3, -0.25) is 14.4 Å². The first-order valence-corrected chi connectivity index (χ1v) is 13.3. The predicted molar refractivity (Wildman–Crippen MR) is 140 cm³/mol. The maximum atomic E-state index is 13.9. The summed E-state index contributed by atoms with van der Waals surface area (Å²) < 4.78 is 0. The largest absolute Gasteiger partial charge is 0.352 e. The highest BCUT2D eigenvalue weighted by Gasteiger charge is 2.54. The van der Waals surface area contributed by atoms with Crippen LogP contribution in [-0.2, 0) is 9.59 Å². The molecule has 3 amide bonds. The van der Waals surface area contributed by atoms with E-state index in [1.54, 1.807) is 29.2 Å². The lowest BCUT2D eigenvalue weighted by molar-refractivity contribution is -0.137. The molecule has 190 valence electrons. The van der Waals surface area contributed by atoms with Gasteiger partial charge in [0.1, 0.15) is 12.1 Å². The van der Waals surface area contributed by atoms with Crippen LogP contribution in [0.4, 0.5) is 5.69 Å². The third-order valence-electron chi connectivity index (χ3n) is 7.86. The van der Waals surface area contributed by atoms with Gasteiger partial charge in [0.2, 0.25) is 5.91 Å². The molecule has 3 aliphatic rings. The molecule has 1 spiro atoms. The number of benzene rings is 2. The normalized spacial score (nSPS) is 20.1. The van der Waals surface area contributed by atoms with Crippen molar-refractivity contribution in [2.75, 3.05) is 31.2 Å². The molecule has 2 aromatic carbocycles. The van der Waals surface area contributed by atoms with Gasteiger partial charge in [-0.15, -0.1) is 0 Å². The van der Waals surface area contributed by atoms with Crippen LogP contribution < -0.4 is 10.2 Å². The predicted octanol–water partition coefficient (Wildman–Crippen LogP) is 4.07. The lowest BCUT2D eigenvalue weighted by Gasteiger charge is -2.43. The molecule has 1 N–H and O–H groups in total. The fourth-order valence-electron chi connectivity index (χ4n) is 5.87. The van der Waals surface area contributed by atoms with E-state index in [0.29, 0.717) is 43.2 Å². The highest BCUT2D eigenvalue weighted by atomic mass is 35.5. The van der Waals surface area contributed by atoms with E-state index in [1.807, 2.05) is 35.2 Å². The summed E-state index contributed by atoms with van der Waals surface area (Å²) in [6.07, 6.45) is 6.56. The Balaban J connectivity index is 1.31. The molecule has 0 aromatic heterocycles. The highest BCUT2D eigenvalue weighted by Crippen LogP contribution is 2.39. The first-order valence-electron chi connectivity index (χ1n) is 12.9. The summed E-state index contributed by atoms with van der Waals surface area (Å²) in [5.41, 5.74) is 0.788. The smallest absolute Gasteiger partial charge is 0.253 e. The van der Waals surface area contributed by atoms with Crippen molar-refractivity contribution in [3.8, 4) is 0 Å². The number of carbonyl (C=O) groups excluding carboxylic acids is 3. The highest BCUT2D eigenvalue weighted by molar-refractivity contribution is 6.30. The Morgan fingerprint density at radius 3 is 2.28 bits per heavy atom.